The predicted octanol–water partition coefficient (Wildman–Crippen LogP) is 1.76. The summed E-state index contributed by atoms with van der Waals surface area (Å²) in [6.07, 6.45) is 1.61. The molecule has 2 aromatic rings. The minimum absolute atomic E-state index is 0.191. The second-order valence-electron chi connectivity index (χ2n) is 3.92. The molecule has 1 atom stereocenters. The number of carboxylic acid groups (broad SMARTS) is 1. The van der Waals surface area contributed by atoms with Crippen molar-refractivity contribution >= 4 is 5.97 Å². The molecule has 0 amide bonds. The van der Waals surface area contributed by atoms with Crippen LogP contribution in [0.2, 0.25) is 0 Å². The van der Waals surface area contributed by atoms with Crippen LogP contribution < -0.4 is 5.73 Å². The maximum Gasteiger partial charge on any atom is 0.331 e. The molecular weight excluding hydrogens is 218 g/mol. The predicted molar refractivity (Wildman–Crippen MR) is 62.4 cm³/mol. The van der Waals surface area contributed by atoms with E-state index in [0.717, 1.165) is 5.56 Å². The lowest BCUT2D eigenvalue weighted by atomic mass is 9.89. The quantitative estimate of drug-likeness (QED) is 0.840. The van der Waals surface area contributed by atoms with E-state index in [0.29, 0.717) is 0 Å². The first-order valence-electron chi connectivity index (χ1n) is 5.23. The Bertz CT molecular complexity index is 493. The van der Waals surface area contributed by atoms with Gasteiger partial charge >= 0.3 is 5.97 Å². The van der Waals surface area contributed by atoms with Gasteiger partial charge in [-0.25, -0.2) is 4.79 Å². The van der Waals surface area contributed by atoms with Crippen LogP contribution in [0.4, 0.5) is 0 Å². The van der Waals surface area contributed by atoms with Crippen LogP contribution in [0.25, 0.3) is 0 Å². The summed E-state index contributed by atoms with van der Waals surface area (Å²) in [4.78, 5) is 11.3. The van der Waals surface area contributed by atoms with Gasteiger partial charge in [-0.2, -0.15) is 0 Å². The van der Waals surface area contributed by atoms with E-state index in [4.69, 9.17) is 10.2 Å². The lowest BCUT2D eigenvalue weighted by molar-refractivity contribution is -0.144. The van der Waals surface area contributed by atoms with E-state index in [1.54, 1.807) is 12.1 Å². The zero-order valence-corrected chi connectivity index (χ0v) is 9.17. The zero-order valence-electron chi connectivity index (χ0n) is 9.17. The summed E-state index contributed by atoms with van der Waals surface area (Å²) >= 11 is 0. The molecule has 0 aliphatic heterocycles. The smallest absolute Gasteiger partial charge is 0.331 e. The number of benzene rings is 1. The average Bonchev–Trinajstić information content (AvgIpc) is 2.84. The van der Waals surface area contributed by atoms with E-state index in [1.807, 2.05) is 30.3 Å². The van der Waals surface area contributed by atoms with E-state index < -0.39 is 11.5 Å². The van der Waals surface area contributed by atoms with Crippen LogP contribution in [0.15, 0.2) is 53.1 Å². The standard InChI is InChI=1S/C13H13NO3/c14-13(12(15)16,11-7-4-8-17-11)9-10-5-2-1-3-6-10/h1-8H,9,14H2,(H,15,16). The second-order valence-corrected chi connectivity index (χ2v) is 3.92. The van der Waals surface area contributed by atoms with Gasteiger partial charge in [0.05, 0.1) is 6.26 Å². The summed E-state index contributed by atoms with van der Waals surface area (Å²) < 4.78 is 5.13. The van der Waals surface area contributed by atoms with Gasteiger partial charge in [0.15, 0.2) is 5.54 Å². The Kier molecular flexibility index (Phi) is 2.97. The summed E-state index contributed by atoms with van der Waals surface area (Å²) in [6.45, 7) is 0. The number of nitrogens with two attached hydrogens (primary N) is 1. The Hall–Kier alpha value is -2.07. The lowest BCUT2D eigenvalue weighted by Crippen LogP contribution is -2.46. The summed E-state index contributed by atoms with van der Waals surface area (Å²) in [5, 5.41) is 9.28. The van der Waals surface area contributed by atoms with Crippen molar-refractivity contribution in [3.8, 4) is 0 Å². The van der Waals surface area contributed by atoms with Gasteiger partial charge in [0, 0.05) is 6.42 Å². The van der Waals surface area contributed by atoms with Gasteiger partial charge in [-0.3, -0.25) is 0 Å². The van der Waals surface area contributed by atoms with Gasteiger partial charge in [0.25, 0.3) is 0 Å². The van der Waals surface area contributed by atoms with E-state index in [2.05, 4.69) is 0 Å². The highest BCUT2D eigenvalue weighted by Gasteiger charge is 2.39. The zero-order chi connectivity index (χ0) is 12.3. The van der Waals surface area contributed by atoms with Crippen LogP contribution in [0, 0.1) is 0 Å². The van der Waals surface area contributed by atoms with Crippen molar-refractivity contribution in [2.45, 2.75) is 12.0 Å². The van der Waals surface area contributed by atoms with Crippen LogP contribution in [-0.4, -0.2) is 11.1 Å². The fourth-order valence-corrected chi connectivity index (χ4v) is 1.72. The number of hydrogen-bond donors (Lipinski definition) is 2. The number of furan rings is 1. The maximum atomic E-state index is 11.3. The van der Waals surface area contributed by atoms with Crippen molar-refractivity contribution in [2.75, 3.05) is 0 Å². The minimum Gasteiger partial charge on any atom is -0.480 e. The molecule has 4 heteroatoms. The average molecular weight is 231 g/mol. The van der Waals surface area contributed by atoms with E-state index in [9.17, 15) is 9.90 Å². The van der Waals surface area contributed by atoms with Gasteiger partial charge in [-0.1, -0.05) is 30.3 Å². The van der Waals surface area contributed by atoms with Crippen molar-refractivity contribution in [3.63, 3.8) is 0 Å². The molecule has 0 saturated heterocycles. The molecule has 17 heavy (non-hydrogen) atoms. The molecule has 1 heterocycles. The lowest BCUT2D eigenvalue weighted by Gasteiger charge is -2.22. The Labute approximate surface area is 98.7 Å². The molecule has 0 aliphatic rings. The highest BCUT2D eigenvalue weighted by atomic mass is 16.4. The molecule has 2 rings (SSSR count). The number of rotatable bonds is 4. The Balaban J connectivity index is 2.34. The fraction of sp³-hybridized carbons (Fsp3) is 0.154. The topological polar surface area (TPSA) is 76.5 Å². The van der Waals surface area contributed by atoms with Crippen molar-refractivity contribution in [3.05, 3.63) is 60.1 Å². The van der Waals surface area contributed by atoms with Crippen LogP contribution in [0.3, 0.4) is 0 Å². The van der Waals surface area contributed by atoms with E-state index in [1.165, 1.54) is 6.26 Å². The van der Waals surface area contributed by atoms with Gasteiger partial charge in [-0.15, -0.1) is 0 Å². The highest BCUT2D eigenvalue weighted by molar-refractivity contribution is 5.80. The normalized spacial score (nSPS) is 14.2. The van der Waals surface area contributed by atoms with Crippen molar-refractivity contribution < 1.29 is 14.3 Å². The van der Waals surface area contributed by atoms with E-state index in [-0.39, 0.29) is 12.2 Å². The first-order chi connectivity index (χ1) is 8.13. The van der Waals surface area contributed by atoms with Crippen molar-refractivity contribution in [1.29, 1.82) is 0 Å². The first kappa shape index (κ1) is 11.4. The monoisotopic (exact) mass is 231 g/mol. The third-order valence-electron chi connectivity index (χ3n) is 2.67. The molecule has 0 fully saturated rings. The molecular formula is C13H13NO3. The summed E-state index contributed by atoms with van der Waals surface area (Å²) in [6, 6.07) is 12.5. The summed E-state index contributed by atoms with van der Waals surface area (Å²) in [5.41, 5.74) is 5.28. The summed E-state index contributed by atoms with van der Waals surface area (Å²) in [7, 11) is 0. The molecule has 0 radical (unpaired) electrons. The minimum atomic E-state index is -1.52. The SMILES string of the molecule is NC(Cc1ccccc1)(C(=O)O)c1ccco1. The second kappa shape index (κ2) is 4.43. The Morgan fingerprint density at radius 3 is 2.47 bits per heavy atom. The molecule has 0 bridgehead atoms. The molecule has 88 valence electrons. The van der Waals surface area contributed by atoms with Crippen LogP contribution >= 0.6 is 0 Å². The number of hydrogen-bond acceptors (Lipinski definition) is 3. The number of aliphatic carboxylic acids is 1. The number of carboxylic acids is 1. The molecule has 0 spiro atoms. The van der Waals surface area contributed by atoms with Crippen molar-refractivity contribution in [1.82, 2.24) is 0 Å². The molecule has 1 unspecified atom stereocenters. The van der Waals surface area contributed by atoms with Gasteiger partial charge in [0.2, 0.25) is 0 Å². The molecule has 1 aromatic heterocycles. The number of carbonyl (C=O) groups is 1. The molecule has 4 nitrogen and oxygen atoms in total. The van der Waals surface area contributed by atoms with Crippen molar-refractivity contribution in [2.24, 2.45) is 5.73 Å². The van der Waals surface area contributed by atoms with Gasteiger partial charge < -0.3 is 15.3 Å². The summed E-state index contributed by atoms with van der Waals surface area (Å²) in [5.74, 6) is -0.842. The van der Waals surface area contributed by atoms with Crippen LogP contribution in [0.5, 0.6) is 0 Å². The fourth-order valence-electron chi connectivity index (χ4n) is 1.72. The third-order valence-corrected chi connectivity index (χ3v) is 2.67. The van der Waals surface area contributed by atoms with Gasteiger partial charge in [-0.05, 0) is 17.7 Å². The highest BCUT2D eigenvalue weighted by Crippen LogP contribution is 2.24. The molecule has 1 aromatic carbocycles. The molecule has 0 saturated carbocycles. The largest absolute Gasteiger partial charge is 0.480 e. The van der Waals surface area contributed by atoms with Crippen LogP contribution in [0.1, 0.15) is 11.3 Å². The third kappa shape index (κ3) is 2.21. The maximum absolute atomic E-state index is 11.3. The van der Waals surface area contributed by atoms with E-state index >= 15 is 0 Å². The Morgan fingerprint density at radius 1 is 1.24 bits per heavy atom. The van der Waals surface area contributed by atoms with Gasteiger partial charge in [0.1, 0.15) is 5.76 Å². The molecule has 3 N–H and O–H groups in total. The molecule has 0 aliphatic carbocycles. The van der Waals surface area contributed by atoms with Crippen LogP contribution in [-0.2, 0) is 16.8 Å². The first-order valence-corrected chi connectivity index (χ1v) is 5.23. The Morgan fingerprint density at radius 2 is 1.94 bits per heavy atom.